The Labute approximate surface area is 145 Å². The maximum Gasteiger partial charge on any atom is 0.407 e. The predicted molar refractivity (Wildman–Crippen MR) is 93.0 cm³/mol. The number of alkyl carbamates (subject to hydrolysis) is 1. The third-order valence-corrected chi connectivity index (χ3v) is 3.41. The SMILES string of the molecule is O=Cc1ccc(Cl)c(C#CCCNC(=O)OCc2ccccc2)c1. The molecule has 0 saturated heterocycles. The van der Waals surface area contributed by atoms with Gasteiger partial charge >= 0.3 is 6.09 Å². The van der Waals surface area contributed by atoms with Crippen LogP contribution >= 0.6 is 11.6 Å². The molecule has 4 nitrogen and oxygen atoms in total. The van der Waals surface area contributed by atoms with Crippen LogP contribution in [0.3, 0.4) is 0 Å². The molecule has 0 spiro atoms. The standard InChI is InChI=1S/C19H16ClNO3/c20-18-10-9-16(13-22)12-17(18)8-4-5-11-21-19(23)24-14-15-6-2-1-3-7-15/h1-3,6-7,9-10,12-13H,5,11,14H2,(H,21,23). The van der Waals surface area contributed by atoms with Crippen LogP contribution in [0.4, 0.5) is 4.79 Å². The van der Waals surface area contributed by atoms with Crippen LogP contribution in [0.5, 0.6) is 0 Å². The van der Waals surface area contributed by atoms with Crippen molar-refractivity contribution in [1.29, 1.82) is 0 Å². The molecule has 0 atom stereocenters. The second-order valence-corrected chi connectivity index (χ2v) is 5.30. The number of rotatable bonds is 5. The summed E-state index contributed by atoms with van der Waals surface area (Å²) in [6, 6.07) is 14.3. The molecule has 0 bridgehead atoms. The van der Waals surface area contributed by atoms with Crippen molar-refractivity contribution >= 4 is 24.0 Å². The van der Waals surface area contributed by atoms with Gasteiger partial charge < -0.3 is 10.1 Å². The number of halogens is 1. The Morgan fingerprint density at radius 3 is 2.75 bits per heavy atom. The fourth-order valence-electron chi connectivity index (χ4n) is 1.87. The number of ether oxygens (including phenoxy) is 1. The maximum atomic E-state index is 11.5. The number of benzene rings is 2. The lowest BCUT2D eigenvalue weighted by molar-refractivity contribution is 0.112. The van der Waals surface area contributed by atoms with Crippen molar-refractivity contribution < 1.29 is 14.3 Å². The summed E-state index contributed by atoms with van der Waals surface area (Å²) in [6.07, 6.45) is 0.704. The second kappa shape index (κ2) is 9.39. The minimum atomic E-state index is -0.485. The lowest BCUT2D eigenvalue weighted by Crippen LogP contribution is -2.24. The summed E-state index contributed by atoms with van der Waals surface area (Å²) in [4.78, 5) is 22.3. The molecule has 2 aromatic carbocycles. The normalized spacial score (nSPS) is 9.54. The zero-order valence-electron chi connectivity index (χ0n) is 12.9. The summed E-state index contributed by atoms with van der Waals surface area (Å²) in [5, 5.41) is 3.11. The van der Waals surface area contributed by atoms with Crippen molar-refractivity contribution in [2.75, 3.05) is 6.54 Å². The van der Waals surface area contributed by atoms with Gasteiger partial charge in [-0.2, -0.15) is 0 Å². The van der Waals surface area contributed by atoms with Crippen molar-refractivity contribution in [2.24, 2.45) is 0 Å². The van der Waals surface area contributed by atoms with E-state index in [1.165, 1.54) is 0 Å². The van der Waals surface area contributed by atoms with Gasteiger partial charge in [-0.3, -0.25) is 4.79 Å². The minimum absolute atomic E-state index is 0.229. The van der Waals surface area contributed by atoms with E-state index in [1.807, 2.05) is 30.3 Å². The average molecular weight is 342 g/mol. The molecule has 0 fully saturated rings. The van der Waals surface area contributed by atoms with Crippen LogP contribution in [0.15, 0.2) is 48.5 Å². The summed E-state index contributed by atoms with van der Waals surface area (Å²) in [5.41, 5.74) is 2.04. The zero-order chi connectivity index (χ0) is 17.2. The van der Waals surface area contributed by atoms with E-state index < -0.39 is 6.09 Å². The molecular formula is C19H16ClNO3. The van der Waals surface area contributed by atoms with Crippen LogP contribution in [0.2, 0.25) is 5.02 Å². The highest BCUT2D eigenvalue weighted by Gasteiger charge is 2.01. The first-order chi connectivity index (χ1) is 11.7. The summed E-state index contributed by atoms with van der Waals surface area (Å²) in [6.45, 7) is 0.595. The van der Waals surface area contributed by atoms with E-state index in [0.717, 1.165) is 11.8 Å². The van der Waals surface area contributed by atoms with Crippen molar-refractivity contribution in [1.82, 2.24) is 5.32 Å². The van der Waals surface area contributed by atoms with Crippen molar-refractivity contribution in [3.05, 3.63) is 70.2 Å². The molecule has 1 N–H and O–H groups in total. The van der Waals surface area contributed by atoms with Gasteiger partial charge in [-0.1, -0.05) is 59.8 Å². The van der Waals surface area contributed by atoms with Gasteiger partial charge in [0, 0.05) is 24.1 Å². The van der Waals surface area contributed by atoms with E-state index in [9.17, 15) is 9.59 Å². The molecule has 0 aliphatic heterocycles. The summed E-state index contributed by atoms with van der Waals surface area (Å²) >= 11 is 6.01. The highest BCUT2D eigenvalue weighted by Crippen LogP contribution is 2.15. The van der Waals surface area contributed by atoms with Gasteiger partial charge in [0.1, 0.15) is 12.9 Å². The number of amides is 1. The number of carbonyl (C=O) groups is 2. The molecule has 2 rings (SSSR count). The second-order valence-electron chi connectivity index (χ2n) is 4.90. The Morgan fingerprint density at radius 2 is 2.00 bits per heavy atom. The van der Waals surface area contributed by atoms with E-state index in [4.69, 9.17) is 16.3 Å². The van der Waals surface area contributed by atoms with Crippen LogP contribution in [0.25, 0.3) is 0 Å². The minimum Gasteiger partial charge on any atom is -0.445 e. The molecule has 0 aliphatic carbocycles. The van der Waals surface area contributed by atoms with Gasteiger partial charge in [-0.05, 0) is 17.7 Å². The zero-order valence-corrected chi connectivity index (χ0v) is 13.7. The smallest absolute Gasteiger partial charge is 0.407 e. The molecule has 0 heterocycles. The number of hydrogen-bond acceptors (Lipinski definition) is 3. The van der Waals surface area contributed by atoms with E-state index in [-0.39, 0.29) is 6.61 Å². The number of carbonyl (C=O) groups excluding carboxylic acids is 2. The van der Waals surface area contributed by atoms with Gasteiger partial charge in [-0.25, -0.2) is 4.79 Å². The van der Waals surface area contributed by atoms with E-state index in [1.54, 1.807) is 18.2 Å². The topological polar surface area (TPSA) is 55.4 Å². The Kier molecular flexibility index (Phi) is 6.88. The molecule has 1 amide bonds. The van der Waals surface area contributed by atoms with Crippen molar-refractivity contribution in [3.63, 3.8) is 0 Å². The first-order valence-electron chi connectivity index (χ1n) is 7.37. The predicted octanol–water partition coefficient (Wildman–Crippen LogP) is 3.82. The fourth-order valence-corrected chi connectivity index (χ4v) is 2.04. The summed E-state index contributed by atoms with van der Waals surface area (Å²) < 4.78 is 5.08. The molecule has 0 radical (unpaired) electrons. The molecular weight excluding hydrogens is 326 g/mol. The molecule has 0 aliphatic rings. The monoisotopic (exact) mass is 341 g/mol. The largest absolute Gasteiger partial charge is 0.445 e. The third kappa shape index (κ3) is 5.79. The Bertz CT molecular complexity index is 763. The first-order valence-corrected chi connectivity index (χ1v) is 7.75. The number of aldehydes is 1. The fraction of sp³-hybridized carbons (Fsp3) is 0.158. The first kappa shape index (κ1) is 17.6. The lowest BCUT2D eigenvalue weighted by atomic mass is 10.1. The van der Waals surface area contributed by atoms with Crippen molar-refractivity contribution in [3.8, 4) is 11.8 Å². The Morgan fingerprint density at radius 1 is 1.21 bits per heavy atom. The number of hydrogen-bond donors (Lipinski definition) is 1. The van der Waals surface area contributed by atoms with Crippen molar-refractivity contribution in [2.45, 2.75) is 13.0 Å². The lowest BCUT2D eigenvalue weighted by Gasteiger charge is -2.05. The van der Waals surface area contributed by atoms with Gasteiger partial charge in [0.2, 0.25) is 0 Å². The summed E-state index contributed by atoms with van der Waals surface area (Å²) in [7, 11) is 0. The van der Waals surface area contributed by atoms with Gasteiger partial charge in [0.05, 0.1) is 5.02 Å². The molecule has 0 saturated carbocycles. The molecule has 0 aromatic heterocycles. The van der Waals surface area contributed by atoms with Crippen LogP contribution in [0.1, 0.15) is 27.9 Å². The molecule has 122 valence electrons. The molecule has 0 unspecified atom stereocenters. The van der Waals surface area contributed by atoms with E-state index >= 15 is 0 Å². The molecule has 2 aromatic rings. The Balaban J connectivity index is 1.73. The molecule has 5 heteroatoms. The number of nitrogens with one attached hydrogen (secondary N) is 1. The van der Waals surface area contributed by atoms with E-state index in [2.05, 4.69) is 17.2 Å². The van der Waals surface area contributed by atoms with Crippen LogP contribution in [-0.2, 0) is 11.3 Å². The van der Waals surface area contributed by atoms with E-state index in [0.29, 0.717) is 29.1 Å². The Hall–Kier alpha value is -2.77. The van der Waals surface area contributed by atoms with Crippen LogP contribution in [-0.4, -0.2) is 18.9 Å². The summed E-state index contributed by atoms with van der Waals surface area (Å²) in [5.74, 6) is 5.79. The highest BCUT2D eigenvalue weighted by atomic mass is 35.5. The average Bonchev–Trinajstić information content (AvgIpc) is 2.62. The van der Waals surface area contributed by atoms with Crippen LogP contribution in [0, 0.1) is 11.8 Å². The maximum absolute atomic E-state index is 11.5. The third-order valence-electron chi connectivity index (χ3n) is 3.08. The van der Waals surface area contributed by atoms with Gasteiger partial charge in [0.25, 0.3) is 0 Å². The quantitative estimate of drug-likeness (QED) is 0.511. The van der Waals surface area contributed by atoms with Crippen LogP contribution < -0.4 is 5.32 Å². The molecule has 24 heavy (non-hydrogen) atoms. The van der Waals surface area contributed by atoms with Gasteiger partial charge in [0.15, 0.2) is 0 Å². The van der Waals surface area contributed by atoms with Gasteiger partial charge in [-0.15, -0.1) is 0 Å². The highest BCUT2D eigenvalue weighted by molar-refractivity contribution is 6.31.